The van der Waals surface area contributed by atoms with Gasteiger partial charge in [-0.15, -0.1) is 0 Å². The first kappa shape index (κ1) is 14.8. The molecule has 1 aromatic carbocycles. The van der Waals surface area contributed by atoms with Crippen LogP contribution >= 0.6 is 34.2 Å². The van der Waals surface area contributed by atoms with Gasteiger partial charge < -0.3 is 5.32 Å². The van der Waals surface area contributed by atoms with Gasteiger partial charge in [0.05, 0.1) is 5.56 Å². The summed E-state index contributed by atoms with van der Waals surface area (Å²) in [5.74, 6) is -0.0272. The molecule has 0 saturated heterocycles. The van der Waals surface area contributed by atoms with Crippen LogP contribution < -0.4 is 5.32 Å². The molecule has 0 radical (unpaired) electrons. The van der Waals surface area contributed by atoms with E-state index in [9.17, 15) is 4.79 Å². The summed E-state index contributed by atoms with van der Waals surface area (Å²) in [4.78, 5) is 14.3. The third-order valence-corrected chi connectivity index (χ3v) is 4.13. The van der Waals surface area contributed by atoms with Gasteiger partial charge >= 0.3 is 0 Å². The minimum absolute atomic E-state index is 0.0272. The van der Waals surface area contributed by atoms with Crippen molar-refractivity contribution in [2.45, 2.75) is 6.42 Å². The highest BCUT2D eigenvalue weighted by Gasteiger charge is 2.10. The van der Waals surface area contributed by atoms with Crippen LogP contribution in [0.3, 0.4) is 0 Å². The van der Waals surface area contributed by atoms with Gasteiger partial charge in [-0.25, -0.2) is 0 Å². The number of carbonyl (C=O) groups excluding carboxylic acids is 1. The van der Waals surface area contributed by atoms with Gasteiger partial charge in [-0.1, -0.05) is 23.8 Å². The minimum Gasteiger partial charge on any atom is -0.352 e. The maximum atomic E-state index is 12.0. The summed E-state index contributed by atoms with van der Waals surface area (Å²) in [6.07, 6.45) is 5.32. The van der Waals surface area contributed by atoms with Crippen LogP contribution in [-0.4, -0.2) is 37.0 Å². The molecule has 0 unspecified atom stereocenters. The summed E-state index contributed by atoms with van der Waals surface area (Å²) in [5.41, 5.74) is 0.688. The molecule has 0 bridgehead atoms. The summed E-state index contributed by atoms with van der Waals surface area (Å²) < 4.78 is 0.881. The molecule has 5 heteroatoms. The van der Waals surface area contributed by atoms with E-state index in [1.54, 1.807) is 18.2 Å². The molecule has 0 aliphatic carbocycles. The SMILES string of the molecule is O=C(NCCCN1CC=CC1)c1ccc(Cl)cc1I. The van der Waals surface area contributed by atoms with Crippen molar-refractivity contribution in [1.82, 2.24) is 10.2 Å². The number of carbonyl (C=O) groups is 1. The van der Waals surface area contributed by atoms with E-state index < -0.39 is 0 Å². The minimum atomic E-state index is -0.0272. The Balaban J connectivity index is 1.74. The highest BCUT2D eigenvalue weighted by Crippen LogP contribution is 2.17. The summed E-state index contributed by atoms with van der Waals surface area (Å²) in [5, 5.41) is 3.60. The number of rotatable bonds is 5. The lowest BCUT2D eigenvalue weighted by molar-refractivity contribution is 0.0951. The van der Waals surface area contributed by atoms with Crippen molar-refractivity contribution in [3.05, 3.63) is 44.5 Å². The molecular formula is C14H16ClIN2O. The summed E-state index contributed by atoms with van der Waals surface area (Å²) in [6, 6.07) is 5.31. The molecule has 0 spiro atoms. The number of nitrogens with zero attached hydrogens (tertiary/aromatic N) is 1. The predicted molar refractivity (Wildman–Crippen MR) is 86.7 cm³/mol. The molecule has 2 rings (SSSR count). The predicted octanol–water partition coefficient (Wildman–Crippen LogP) is 2.94. The summed E-state index contributed by atoms with van der Waals surface area (Å²) >= 11 is 8.00. The Morgan fingerprint density at radius 3 is 2.79 bits per heavy atom. The maximum Gasteiger partial charge on any atom is 0.252 e. The fourth-order valence-electron chi connectivity index (χ4n) is 1.98. The van der Waals surface area contributed by atoms with Crippen LogP contribution in [0.5, 0.6) is 0 Å². The summed E-state index contributed by atoms with van der Waals surface area (Å²) in [6.45, 7) is 3.78. The topological polar surface area (TPSA) is 32.3 Å². The van der Waals surface area contributed by atoms with Crippen LogP contribution in [0.15, 0.2) is 30.4 Å². The molecule has 1 heterocycles. The molecule has 19 heavy (non-hydrogen) atoms. The molecule has 0 saturated carbocycles. The second-order valence-electron chi connectivity index (χ2n) is 4.46. The zero-order valence-corrected chi connectivity index (χ0v) is 13.4. The van der Waals surface area contributed by atoms with Crippen molar-refractivity contribution in [2.75, 3.05) is 26.2 Å². The van der Waals surface area contributed by atoms with E-state index in [1.807, 2.05) is 0 Å². The quantitative estimate of drug-likeness (QED) is 0.476. The number of hydrogen-bond acceptors (Lipinski definition) is 2. The fraction of sp³-hybridized carbons (Fsp3) is 0.357. The van der Waals surface area contributed by atoms with Crippen LogP contribution in [0.1, 0.15) is 16.8 Å². The zero-order chi connectivity index (χ0) is 13.7. The van der Waals surface area contributed by atoms with Crippen molar-refractivity contribution in [2.24, 2.45) is 0 Å². The number of nitrogens with one attached hydrogen (secondary N) is 1. The smallest absolute Gasteiger partial charge is 0.252 e. The van der Waals surface area contributed by atoms with Crippen LogP contribution in [0.4, 0.5) is 0 Å². The van der Waals surface area contributed by atoms with Gasteiger partial charge in [0.25, 0.3) is 5.91 Å². The van der Waals surface area contributed by atoms with E-state index in [0.717, 1.165) is 29.6 Å². The summed E-state index contributed by atoms with van der Waals surface area (Å²) in [7, 11) is 0. The Bertz CT molecular complexity index is 482. The standard InChI is InChI=1S/C14H16ClIN2O/c15-11-4-5-12(13(16)10-11)14(19)17-6-3-9-18-7-1-2-8-18/h1-2,4-5,10H,3,6-9H2,(H,17,19). The Morgan fingerprint density at radius 2 is 2.11 bits per heavy atom. The van der Waals surface area contributed by atoms with Crippen molar-refractivity contribution < 1.29 is 4.79 Å². The van der Waals surface area contributed by atoms with E-state index in [-0.39, 0.29) is 5.91 Å². The maximum absolute atomic E-state index is 12.0. The van der Waals surface area contributed by atoms with Gasteiger partial charge in [-0.3, -0.25) is 9.69 Å². The molecule has 1 aromatic rings. The van der Waals surface area contributed by atoms with Crippen molar-refractivity contribution >= 4 is 40.1 Å². The number of hydrogen-bond donors (Lipinski definition) is 1. The van der Waals surface area contributed by atoms with Gasteiger partial charge in [0.15, 0.2) is 0 Å². The highest BCUT2D eigenvalue weighted by molar-refractivity contribution is 14.1. The molecule has 102 valence electrons. The Labute approximate surface area is 132 Å². The Morgan fingerprint density at radius 1 is 1.37 bits per heavy atom. The average Bonchev–Trinajstić information content (AvgIpc) is 2.87. The second kappa shape index (κ2) is 7.26. The second-order valence-corrected chi connectivity index (χ2v) is 6.06. The van der Waals surface area contributed by atoms with Gasteiger partial charge in [-0.05, 0) is 47.2 Å². The lowest BCUT2D eigenvalue weighted by Gasteiger charge is -2.14. The molecule has 3 nitrogen and oxygen atoms in total. The number of benzene rings is 1. The molecular weight excluding hydrogens is 375 g/mol. The zero-order valence-electron chi connectivity index (χ0n) is 10.5. The van der Waals surface area contributed by atoms with Gasteiger partial charge in [0, 0.05) is 34.8 Å². The van der Waals surface area contributed by atoms with Crippen molar-refractivity contribution in [3.8, 4) is 0 Å². The van der Waals surface area contributed by atoms with E-state index in [4.69, 9.17) is 11.6 Å². The van der Waals surface area contributed by atoms with Gasteiger partial charge in [0.2, 0.25) is 0 Å². The normalized spacial score (nSPS) is 14.8. The van der Waals surface area contributed by atoms with Crippen LogP contribution in [-0.2, 0) is 0 Å². The molecule has 0 aromatic heterocycles. The van der Waals surface area contributed by atoms with E-state index >= 15 is 0 Å². The third-order valence-electron chi connectivity index (χ3n) is 3.01. The monoisotopic (exact) mass is 390 g/mol. The third kappa shape index (κ3) is 4.47. The van der Waals surface area contributed by atoms with Gasteiger partial charge in [-0.2, -0.15) is 0 Å². The number of halogens is 2. The van der Waals surface area contributed by atoms with Crippen LogP contribution in [0.25, 0.3) is 0 Å². The molecule has 1 N–H and O–H groups in total. The first-order chi connectivity index (χ1) is 9.16. The molecule has 1 aliphatic rings. The Hall–Kier alpha value is -0.590. The number of amides is 1. The largest absolute Gasteiger partial charge is 0.352 e. The molecule has 1 aliphatic heterocycles. The average molecular weight is 391 g/mol. The lowest BCUT2D eigenvalue weighted by atomic mass is 10.2. The van der Waals surface area contributed by atoms with Crippen molar-refractivity contribution in [1.29, 1.82) is 0 Å². The fourth-order valence-corrected chi connectivity index (χ4v) is 3.09. The Kier molecular flexibility index (Phi) is 5.66. The first-order valence-electron chi connectivity index (χ1n) is 6.27. The molecule has 0 atom stereocenters. The lowest BCUT2D eigenvalue weighted by Crippen LogP contribution is -2.29. The van der Waals surface area contributed by atoms with E-state index in [0.29, 0.717) is 17.1 Å². The molecule has 1 amide bonds. The van der Waals surface area contributed by atoms with Gasteiger partial charge in [0.1, 0.15) is 0 Å². The van der Waals surface area contributed by atoms with Crippen molar-refractivity contribution in [3.63, 3.8) is 0 Å². The highest BCUT2D eigenvalue weighted by atomic mass is 127. The van der Waals surface area contributed by atoms with E-state index in [1.165, 1.54) is 0 Å². The molecule has 0 fully saturated rings. The van der Waals surface area contributed by atoms with Crippen LogP contribution in [0, 0.1) is 3.57 Å². The van der Waals surface area contributed by atoms with Crippen LogP contribution in [0.2, 0.25) is 5.02 Å². The first-order valence-corrected chi connectivity index (χ1v) is 7.73. The van der Waals surface area contributed by atoms with E-state index in [2.05, 4.69) is 45.0 Å².